The van der Waals surface area contributed by atoms with E-state index in [4.69, 9.17) is 23.7 Å². The van der Waals surface area contributed by atoms with Gasteiger partial charge in [0.25, 0.3) is 11.8 Å². The average molecular weight is 522 g/mol. The first-order valence-corrected chi connectivity index (χ1v) is 12.5. The van der Waals surface area contributed by atoms with Crippen molar-refractivity contribution in [2.45, 2.75) is 32.4 Å². The number of piperidine rings is 1. The molecule has 37 heavy (non-hydrogen) atoms. The second kappa shape index (κ2) is 15.3. The molecule has 2 N–H and O–H groups in total. The van der Waals surface area contributed by atoms with Crippen molar-refractivity contribution in [3.05, 3.63) is 29.3 Å². The summed E-state index contributed by atoms with van der Waals surface area (Å²) in [7, 11) is 0. The van der Waals surface area contributed by atoms with E-state index >= 15 is 0 Å². The highest BCUT2D eigenvalue weighted by atomic mass is 16.6. The van der Waals surface area contributed by atoms with Gasteiger partial charge in [-0.05, 0) is 25.5 Å². The Kier molecular flexibility index (Phi) is 11.8. The highest BCUT2D eigenvalue weighted by Gasteiger charge is 2.40. The zero-order valence-corrected chi connectivity index (χ0v) is 21.1. The highest BCUT2D eigenvalue weighted by molar-refractivity contribution is 6.05. The molecule has 1 saturated heterocycles. The van der Waals surface area contributed by atoms with Gasteiger partial charge in [0.05, 0.1) is 52.8 Å². The Morgan fingerprint density at radius 3 is 2.35 bits per heavy atom. The van der Waals surface area contributed by atoms with Gasteiger partial charge in [0.15, 0.2) is 6.61 Å². The lowest BCUT2D eigenvalue weighted by atomic mass is 10.0. The molecule has 12 heteroatoms. The van der Waals surface area contributed by atoms with Gasteiger partial charge in [-0.15, -0.1) is 0 Å². The van der Waals surface area contributed by atoms with Gasteiger partial charge in [-0.2, -0.15) is 0 Å². The predicted molar refractivity (Wildman–Crippen MR) is 130 cm³/mol. The molecule has 0 aromatic heterocycles. The molecule has 3 rings (SSSR count). The fourth-order valence-corrected chi connectivity index (χ4v) is 3.95. The molecule has 1 aromatic rings. The third kappa shape index (κ3) is 8.78. The fourth-order valence-electron chi connectivity index (χ4n) is 3.95. The summed E-state index contributed by atoms with van der Waals surface area (Å²) in [4.78, 5) is 50.1. The van der Waals surface area contributed by atoms with Crippen LogP contribution >= 0.6 is 0 Å². The second-order valence-electron chi connectivity index (χ2n) is 8.35. The molecule has 0 bridgehead atoms. The first-order valence-electron chi connectivity index (χ1n) is 12.5. The fraction of sp³-hybridized carbons (Fsp3) is 0.600. The van der Waals surface area contributed by atoms with Crippen LogP contribution in [0.5, 0.6) is 5.75 Å². The SMILES string of the molecule is CCOCCOCCOCCOCCNC(=O)COc1cccc2c1CN(C1CCC(=O)NC1=O)C2=O. The van der Waals surface area contributed by atoms with Crippen LogP contribution in [-0.4, -0.2) is 101 Å². The molecule has 0 spiro atoms. The van der Waals surface area contributed by atoms with Crippen molar-refractivity contribution in [2.24, 2.45) is 0 Å². The zero-order chi connectivity index (χ0) is 26.5. The molecule has 0 radical (unpaired) electrons. The van der Waals surface area contributed by atoms with Crippen molar-refractivity contribution in [2.75, 3.05) is 66.0 Å². The van der Waals surface area contributed by atoms with Crippen LogP contribution in [0, 0.1) is 0 Å². The lowest BCUT2D eigenvalue weighted by Crippen LogP contribution is -2.52. The number of benzene rings is 1. The quantitative estimate of drug-likeness (QED) is 0.214. The van der Waals surface area contributed by atoms with Gasteiger partial charge in [-0.25, -0.2) is 0 Å². The summed E-state index contributed by atoms with van der Waals surface area (Å²) in [5.41, 5.74) is 1.04. The topological polar surface area (TPSA) is 142 Å². The lowest BCUT2D eigenvalue weighted by molar-refractivity contribution is -0.137. The maximum Gasteiger partial charge on any atom is 0.258 e. The van der Waals surface area contributed by atoms with Crippen LogP contribution in [0.4, 0.5) is 0 Å². The number of carbonyl (C=O) groups excluding carboxylic acids is 4. The largest absolute Gasteiger partial charge is 0.483 e. The number of hydrogen-bond donors (Lipinski definition) is 2. The van der Waals surface area contributed by atoms with Crippen molar-refractivity contribution in [3.63, 3.8) is 0 Å². The summed E-state index contributed by atoms with van der Waals surface area (Å²) >= 11 is 0. The number of hydrogen-bond acceptors (Lipinski definition) is 9. The number of ether oxygens (including phenoxy) is 5. The number of carbonyl (C=O) groups is 4. The highest BCUT2D eigenvalue weighted by Crippen LogP contribution is 2.33. The summed E-state index contributed by atoms with van der Waals surface area (Å²) < 4.78 is 27.0. The number of rotatable bonds is 17. The Balaban J connectivity index is 1.29. The molecular weight excluding hydrogens is 486 g/mol. The maximum atomic E-state index is 12.9. The van der Waals surface area contributed by atoms with E-state index in [0.717, 1.165) is 0 Å². The molecular formula is C25H35N3O9. The lowest BCUT2D eigenvalue weighted by Gasteiger charge is -2.29. The standard InChI is InChI=1S/C25H35N3O9/c1-2-33-10-11-35-14-15-36-13-12-34-9-8-26-23(30)17-37-21-5-3-4-18-19(21)16-28(25(18)32)20-6-7-22(29)27-24(20)31/h3-5,20H,2,6-17H2,1H3,(H,26,30)(H,27,29,31). The summed E-state index contributed by atoms with van der Waals surface area (Å²) in [6, 6.07) is 4.30. The Morgan fingerprint density at radius 1 is 1.00 bits per heavy atom. The summed E-state index contributed by atoms with van der Waals surface area (Å²) in [5.74, 6) is -1.03. The van der Waals surface area contributed by atoms with E-state index in [9.17, 15) is 19.2 Å². The minimum atomic E-state index is -0.710. The molecule has 2 heterocycles. The van der Waals surface area contributed by atoms with Crippen LogP contribution in [0.15, 0.2) is 18.2 Å². The van der Waals surface area contributed by atoms with Gasteiger partial charge in [0.2, 0.25) is 11.8 Å². The molecule has 12 nitrogen and oxygen atoms in total. The van der Waals surface area contributed by atoms with Crippen LogP contribution in [0.3, 0.4) is 0 Å². The van der Waals surface area contributed by atoms with Gasteiger partial charge in [-0.1, -0.05) is 6.07 Å². The van der Waals surface area contributed by atoms with Crippen LogP contribution in [-0.2, 0) is 39.9 Å². The van der Waals surface area contributed by atoms with Crippen molar-refractivity contribution < 1.29 is 42.9 Å². The van der Waals surface area contributed by atoms with Gasteiger partial charge >= 0.3 is 0 Å². The van der Waals surface area contributed by atoms with Crippen LogP contribution in [0.2, 0.25) is 0 Å². The molecule has 204 valence electrons. The van der Waals surface area contributed by atoms with E-state index in [2.05, 4.69) is 10.6 Å². The van der Waals surface area contributed by atoms with E-state index in [1.165, 1.54) is 4.90 Å². The third-order valence-corrected chi connectivity index (χ3v) is 5.79. The average Bonchev–Trinajstić information content (AvgIpc) is 3.22. The number of imide groups is 1. The second-order valence-corrected chi connectivity index (χ2v) is 8.35. The minimum absolute atomic E-state index is 0.174. The Morgan fingerprint density at radius 2 is 1.68 bits per heavy atom. The van der Waals surface area contributed by atoms with E-state index in [-0.39, 0.29) is 43.7 Å². The van der Waals surface area contributed by atoms with Crippen molar-refractivity contribution in [1.29, 1.82) is 0 Å². The molecule has 0 aliphatic carbocycles. The molecule has 2 aliphatic rings. The molecule has 1 fully saturated rings. The molecule has 1 unspecified atom stereocenters. The van der Waals surface area contributed by atoms with Gasteiger partial charge < -0.3 is 33.9 Å². The van der Waals surface area contributed by atoms with Crippen molar-refractivity contribution in [3.8, 4) is 5.75 Å². The first-order chi connectivity index (χ1) is 18.0. The normalized spacial score (nSPS) is 17.1. The Bertz CT molecular complexity index is 940. The number of amides is 4. The molecule has 4 amide bonds. The number of nitrogens with one attached hydrogen (secondary N) is 2. The maximum absolute atomic E-state index is 12.9. The van der Waals surface area contributed by atoms with Gasteiger partial charge in [-0.3, -0.25) is 24.5 Å². The van der Waals surface area contributed by atoms with Crippen molar-refractivity contribution >= 4 is 23.6 Å². The van der Waals surface area contributed by atoms with Crippen LogP contribution < -0.4 is 15.4 Å². The van der Waals surface area contributed by atoms with E-state index in [1.54, 1.807) is 18.2 Å². The Labute approximate surface area is 215 Å². The smallest absolute Gasteiger partial charge is 0.258 e. The van der Waals surface area contributed by atoms with Gasteiger partial charge in [0.1, 0.15) is 11.8 Å². The third-order valence-electron chi connectivity index (χ3n) is 5.79. The van der Waals surface area contributed by atoms with Gasteiger partial charge in [0, 0.05) is 30.7 Å². The number of fused-ring (bicyclic) bond motifs is 1. The summed E-state index contributed by atoms with van der Waals surface area (Å²) in [6.07, 6.45) is 0.460. The van der Waals surface area contributed by atoms with Crippen LogP contribution in [0.1, 0.15) is 35.7 Å². The predicted octanol–water partition coefficient (Wildman–Crippen LogP) is 0.0289. The molecule has 2 aliphatic heterocycles. The first kappa shape index (κ1) is 28.5. The molecule has 0 saturated carbocycles. The van der Waals surface area contributed by atoms with E-state index in [1.807, 2.05) is 6.92 Å². The Hall–Kier alpha value is -3.06. The molecule has 1 atom stereocenters. The monoisotopic (exact) mass is 521 g/mol. The molecule has 1 aromatic carbocycles. The summed E-state index contributed by atoms with van der Waals surface area (Å²) in [6.45, 7) is 6.13. The van der Waals surface area contributed by atoms with Crippen LogP contribution in [0.25, 0.3) is 0 Å². The summed E-state index contributed by atoms with van der Waals surface area (Å²) in [5, 5.41) is 4.99. The van der Waals surface area contributed by atoms with Crippen molar-refractivity contribution in [1.82, 2.24) is 15.5 Å². The van der Waals surface area contributed by atoms with E-state index in [0.29, 0.717) is 76.3 Å². The number of nitrogens with zero attached hydrogens (tertiary/aromatic N) is 1. The minimum Gasteiger partial charge on any atom is -0.483 e. The zero-order valence-electron chi connectivity index (χ0n) is 21.1. The van der Waals surface area contributed by atoms with E-state index < -0.39 is 11.9 Å².